The lowest BCUT2D eigenvalue weighted by molar-refractivity contribution is 0.140. The van der Waals surface area contributed by atoms with Crippen LogP contribution in [-0.4, -0.2) is 0 Å². The molecule has 0 heteroatoms. The summed E-state index contributed by atoms with van der Waals surface area (Å²) in [5.74, 6) is 4.39. The first-order chi connectivity index (χ1) is 12.3. The third-order valence-electron chi connectivity index (χ3n) is 7.61. The Bertz CT molecular complexity index is 291. The van der Waals surface area contributed by atoms with Gasteiger partial charge in [-0.2, -0.15) is 0 Å². The van der Waals surface area contributed by atoms with E-state index in [2.05, 4.69) is 13.8 Å². The molecule has 25 heavy (non-hydrogen) atoms. The van der Waals surface area contributed by atoms with Crippen LogP contribution in [0.2, 0.25) is 0 Å². The van der Waals surface area contributed by atoms with E-state index >= 15 is 0 Å². The smallest absolute Gasteiger partial charge is 0.0386 e. The second-order valence-electron chi connectivity index (χ2n) is 9.61. The van der Waals surface area contributed by atoms with Gasteiger partial charge in [-0.25, -0.2) is 0 Å². The minimum atomic E-state index is 1.08. The Morgan fingerprint density at radius 3 is 1.36 bits per heavy atom. The van der Waals surface area contributed by atoms with Gasteiger partial charge in [-0.05, 0) is 49.4 Å². The van der Waals surface area contributed by atoms with E-state index in [1.54, 1.807) is 57.8 Å². The molecular formula is C25H48. The van der Waals surface area contributed by atoms with Crippen LogP contribution in [0.25, 0.3) is 0 Å². The van der Waals surface area contributed by atoms with E-state index in [0.29, 0.717) is 0 Å². The molecule has 0 N–H and O–H groups in total. The third kappa shape index (κ3) is 8.49. The van der Waals surface area contributed by atoms with Gasteiger partial charge >= 0.3 is 0 Å². The van der Waals surface area contributed by atoms with Crippen molar-refractivity contribution in [2.45, 2.75) is 136 Å². The number of rotatable bonds is 12. The third-order valence-corrected chi connectivity index (χ3v) is 7.61. The Labute approximate surface area is 159 Å². The fourth-order valence-corrected chi connectivity index (χ4v) is 5.87. The largest absolute Gasteiger partial charge is 0.0654 e. The van der Waals surface area contributed by atoms with Crippen LogP contribution < -0.4 is 0 Å². The van der Waals surface area contributed by atoms with Gasteiger partial charge in [-0.3, -0.25) is 0 Å². The quantitative estimate of drug-likeness (QED) is 0.309. The normalized spacial score (nSPS) is 30.5. The topological polar surface area (TPSA) is 0 Å². The maximum Gasteiger partial charge on any atom is -0.0386 e. The van der Waals surface area contributed by atoms with Crippen molar-refractivity contribution >= 4 is 0 Å². The monoisotopic (exact) mass is 348 g/mol. The predicted octanol–water partition coefficient (Wildman–Crippen LogP) is 8.93. The average Bonchev–Trinajstić information content (AvgIpc) is 2.65. The lowest BCUT2D eigenvalue weighted by atomic mass is 9.68. The van der Waals surface area contributed by atoms with Crippen molar-refractivity contribution in [2.75, 3.05) is 0 Å². The molecule has 148 valence electrons. The summed E-state index contributed by atoms with van der Waals surface area (Å²) in [6, 6.07) is 0. The van der Waals surface area contributed by atoms with Gasteiger partial charge in [-0.15, -0.1) is 0 Å². The van der Waals surface area contributed by atoms with Gasteiger partial charge in [-0.1, -0.05) is 110 Å². The summed E-state index contributed by atoms with van der Waals surface area (Å²) >= 11 is 0. The first-order valence-corrected chi connectivity index (χ1v) is 12.3. The summed E-state index contributed by atoms with van der Waals surface area (Å²) in [5.41, 5.74) is 0. The van der Waals surface area contributed by atoms with Crippen molar-refractivity contribution < 1.29 is 0 Å². The Kier molecular flexibility index (Phi) is 11.3. The highest BCUT2D eigenvalue weighted by atomic mass is 14.4. The van der Waals surface area contributed by atoms with E-state index < -0.39 is 0 Å². The summed E-state index contributed by atoms with van der Waals surface area (Å²) in [7, 11) is 0. The first-order valence-electron chi connectivity index (χ1n) is 12.3. The molecule has 0 bridgehead atoms. The van der Waals surface area contributed by atoms with E-state index in [9.17, 15) is 0 Å². The lowest BCUT2D eigenvalue weighted by Crippen LogP contribution is -2.25. The van der Waals surface area contributed by atoms with E-state index in [1.165, 1.54) is 64.2 Å². The van der Waals surface area contributed by atoms with Crippen LogP contribution in [0.1, 0.15) is 136 Å². The maximum atomic E-state index is 2.36. The Morgan fingerprint density at radius 2 is 0.880 bits per heavy atom. The molecule has 0 aliphatic heterocycles. The average molecular weight is 349 g/mol. The summed E-state index contributed by atoms with van der Waals surface area (Å²) in [6.07, 6.45) is 28.8. The van der Waals surface area contributed by atoms with Gasteiger partial charge in [0.05, 0.1) is 0 Å². The number of unbranched alkanes of at least 4 members (excludes halogenated alkanes) is 7. The van der Waals surface area contributed by atoms with Gasteiger partial charge in [0.25, 0.3) is 0 Å². The molecule has 0 aromatic rings. The molecule has 2 saturated carbocycles. The van der Waals surface area contributed by atoms with Crippen molar-refractivity contribution in [2.24, 2.45) is 23.7 Å². The van der Waals surface area contributed by atoms with Crippen LogP contribution in [0.3, 0.4) is 0 Å². The molecule has 0 aromatic carbocycles. The molecule has 2 aliphatic rings. The molecule has 0 amide bonds. The molecular weight excluding hydrogens is 300 g/mol. The molecule has 0 nitrogen and oxygen atoms in total. The van der Waals surface area contributed by atoms with Gasteiger partial charge in [0.1, 0.15) is 0 Å². The van der Waals surface area contributed by atoms with Crippen LogP contribution in [0.4, 0.5) is 0 Å². The van der Waals surface area contributed by atoms with E-state index in [0.717, 1.165) is 23.7 Å². The Morgan fingerprint density at radius 1 is 0.440 bits per heavy atom. The minimum Gasteiger partial charge on any atom is -0.0654 e. The van der Waals surface area contributed by atoms with Crippen molar-refractivity contribution in [3.63, 3.8) is 0 Å². The molecule has 2 fully saturated rings. The molecule has 2 rings (SSSR count). The second-order valence-corrected chi connectivity index (χ2v) is 9.61. The standard InChI is InChI=1S/C25H48/c1-3-5-6-7-8-9-10-11-13-23-16-20-25(21-17-23)24-18-14-22(12-4-2)15-19-24/h22-25H,3-21H2,1-2H3/t22-,23-,24-,25-. The van der Waals surface area contributed by atoms with Crippen LogP contribution in [-0.2, 0) is 0 Å². The van der Waals surface area contributed by atoms with Crippen molar-refractivity contribution in [1.29, 1.82) is 0 Å². The zero-order valence-corrected chi connectivity index (χ0v) is 17.7. The van der Waals surface area contributed by atoms with Gasteiger partial charge in [0.15, 0.2) is 0 Å². The van der Waals surface area contributed by atoms with Crippen molar-refractivity contribution in [3.05, 3.63) is 0 Å². The fraction of sp³-hybridized carbons (Fsp3) is 1.00. The predicted molar refractivity (Wildman–Crippen MR) is 113 cm³/mol. The van der Waals surface area contributed by atoms with Crippen LogP contribution in [0, 0.1) is 23.7 Å². The highest BCUT2D eigenvalue weighted by molar-refractivity contribution is 4.82. The van der Waals surface area contributed by atoms with Crippen molar-refractivity contribution in [1.82, 2.24) is 0 Å². The van der Waals surface area contributed by atoms with E-state index in [1.807, 2.05) is 0 Å². The van der Waals surface area contributed by atoms with Gasteiger partial charge < -0.3 is 0 Å². The highest BCUT2D eigenvalue weighted by Gasteiger charge is 2.30. The Balaban J connectivity index is 1.46. The van der Waals surface area contributed by atoms with Crippen molar-refractivity contribution in [3.8, 4) is 0 Å². The van der Waals surface area contributed by atoms with Crippen LogP contribution >= 0.6 is 0 Å². The molecule has 0 atom stereocenters. The van der Waals surface area contributed by atoms with Gasteiger partial charge in [0, 0.05) is 0 Å². The molecule has 0 unspecified atom stereocenters. The summed E-state index contributed by atoms with van der Waals surface area (Å²) in [5, 5.41) is 0. The molecule has 0 radical (unpaired) electrons. The number of hydrogen-bond donors (Lipinski definition) is 0. The first kappa shape index (κ1) is 21.3. The summed E-state index contributed by atoms with van der Waals surface area (Å²) in [4.78, 5) is 0. The number of hydrogen-bond acceptors (Lipinski definition) is 0. The van der Waals surface area contributed by atoms with Crippen LogP contribution in [0.15, 0.2) is 0 Å². The lowest BCUT2D eigenvalue weighted by Gasteiger charge is -2.38. The molecule has 0 heterocycles. The SMILES string of the molecule is CCCCCCCCCC[C@H]1CC[C@H]([C@H]2CC[C@H](CCC)CC2)CC1. The maximum absolute atomic E-state index is 2.36. The van der Waals surface area contributed by atoms with E-state index in [4.69, 9.17) is 0 Å². The minimum absolute atomic E-state index is 1.08. The Hall–Kier alpha value is 0. The van der Waals surface area contributed by atoms with Crippen LogP contribution in [0.5, 0.6) is 0 Å². The van der Waals surface area contributed by atoms with Gasteiger partial charge in [0.2, 0.25) is 0 Å². The fourth-order valence-electron chi connectivity index (χ4n) is 5.87. The zero-order valence-electron chi connectivity index (χ0n) is 17.7. The second kappa shape index (κ2) is 13.2. The van der Waals surface area contributed by atoms with E-state index in [-0.39, 0.29) is 0 Å². The highest BCUT2D eigenvalue weighted by Crippen LogP contribution is 2.43. The summed E-state index contributed by atoms with van der Waals surface area (Å²) < 4.78 is 0. The zero-order chi connectivity index (χ0) is 17.7. The molecule has 0 spiro atoms. The summed E-state index contributed by atoms with van der Waals surface area (Å²) in [6.45, 7) is 4.67. The molecule has 0 aromatic heterocycles. The molecule has 2 aliphatic carbocycles. The molecule has 0 saturated heterocycles.